The summed E-state index contributed by atoms with van der Waals surface area (Å²) in [6.07, 6.45) is -1.28. The number of aromatic amines is 1. The molecule has 1 saturated heterocycles. The normalized spacial score (nSPS) is 34.5. The fourth-order valence-corrected chi connectivity index (χ4v) is 3.18. The maximum Gasteiger partial charge on any atom is 0.181 e. The van der Waals surface area contributed by atoms with Crippen molar-refractivity contribution in [1.29, 1.82) is 0 Å². The Morgan fingerprint density at radius 3 is 2.75 bits per heavy atom. The van der Waals surface area contributed by atoms with Crippen LogP contribution in [0.2, 0.25) is 0 Å². The number of H-pyrrole nitrogens is 1. The third-order valence-electron chi connectivity index (χ3n) is 3.22. The van der Waals surface area contributed by atoms with Crippen molar-refractivity contribution in [2.45, 2.75) is 41.8 Å². The summed E-state index contributed by atoms with van der Waals surface area (Å²) >= 11 is 1.15. The minimum atomic E-state index is -1.25. The number of aromatic nitrogens is 4. The van der Waals surface area contributed by atoms with Crippen LogP contribution >= 0.6 is 11.8 Å². The van der Waals surface area contributed by atoms with E-state index in [4.69, 9.17) is 4.74 Å². The standard InChI is InChI=1S/C11H14N4O4S/c1-4-6(16)7(17)8(18)11(19-4)20-10-5-9(13-2-12-5)14-3-15-10/h2-4,6-8,11,16-18H,1H3,(H,12,13,14,15)/t4-,6-,7+,8+,11+/m1/s1. The highest BCUT2D eigenvalue weighted by Gasteiger charge is 2.42. The van der Waals surface area contributed by atoms with Crippen LogP contribution in [0.25, 0.3) is 11.2 Å². The summed E-state index contributed by atoms with van der Waals surface area (Å²) in [6.45, 7) is 1.64. The molecule has 4 N–H and O–H groups in total. The monoisotopic (exact) mass is 298 g/mol. The van der Waals surface area contributed by atoms with Crippen LogP contribution < -0.4 is 0 Å². The Bertz CT molecular complexity index is 609. The van der Waals surface area contributed by atoms with Gasteiger partial charge in [0.2, 0.25) is 0 Å². The molecule has 0 bridgehead atoms. The average Bonchev–Trinajstić information content (AvgIpc) is 2.92. The number of ether oxygens (including phenoxy) is 1. The zero-order valence-electron chi connectivity index (χ0n) is 10.5. The molecule has 3 rings (SSSR count). The summed E-state index contributed by atoms with van der Waals surface area (Å²) in [6, 6.07) is 0. The fraction of sp³-hybridized carbons (Fsp3) is 0.545. The van der Waals surface area contributed by atoms with Crippen LogP contribution in [0.15, 0.2) is 17.7 Å². The Balaban J connectivity index is 1.85. The highest BCUT2D eigenvalue weighted by Crippen LogP contribution is 2.34. The van der Waals surface area contributed by atoms with E-state index in [0.29, 0.717) is 16.2 Å². The number of fused-ring (bicyclic) bond motifs is 1. The van der Waals surface area contributed by atoms with Gasteiger partial charge < -0.3 is 25.0 Å². The fourth-order valence-electron chi connectivity index (χ4n) is 2.05. The Kier molecular flexibility index (Phi) is 3.61. The smallest absolute Gasteiger partial charge is 0.181 e. The molecule has 5 atom stereocenters. The van der Waals surface area contributed by atoms with Gasteiger partial charge >= 0.3 is 0 Å². The molecular weight excluding hydrogens is 284 g/mol. The third kappa shape index (κ3) is 2.27. The van der Waals surface area contributed by atoms with Gasteiger partial charge in [0.25, 0.3) is 0 Å². The largest absolute Gasteiger partial charge is 0.388 e. The number of hydrogen-bond donors (Lipinski definition) is 4. The van der Waals surface area contributed by atoms with Crippen molar-refractivity contribution in [2.75, 3.05) is 0 Å². The van der Waals surface area contributed by atoms with Crippen molar-refractivity contribution in [3.63, 3.8) is 0 Å². The van der Waals surface area contributed by atoms with Gasteiger partial charge in [0.05, 0.1) is 12.4 Å². The molecule has 0 spiro atoms. The van der Waals surface area contributed by atoms with Gasteiger partial charge in [-0.3, -0.25) is 0 Å². The van der Waals surface area contributed by atoms with Gasteiger partial charge in [-0.2, -0.15) is 0 Å². The van der Waals surface area contributed by atoms with Gasteiger partial charge in [0.15, 0.2) is 5.65 Å². The first kappa shape index (κ1) is 13.7. The predicted octanol–water partition coefficient (Wildman–Crippen LogP) is -0.728. The van der Waals surface area contributed by atoms with Crippen molar-refractivity contribution in [3.8, 4) is 0 Å². The number of thioether (sulfide) groups is 1. The summed E-state index contributed by atoms with van der Waals surface area (Å²) in [4.78, 5) is 15.1. The number of rotatable bonds is 2. The molecule has 2 aromatic rings. The molecule has 108 valence electrons. The molecule has 2 aromatic heterocycles. The second-order valence-electron chi connectivity index (χ2n) is 4.58. The predicted molar refractivity (Wildman–Crippen MR) is 69.9 cm³/mol. The lowest BCUT2D eigenvalue weighted by atomic mass is 10.0. The summed E-state index contributed by atoms with van der Waals surface area (Å²) < 4.78 is 5.52. The van der Waals surface area contributed by atoms with E-state index in [1.165, 1.54) is 12.7 Å². The molecule has 0 aromatic carbocycles. The van der Waals surface area contributed by atoms with E-state index in [1.54, 1.807) is 6.92 Å². The van der Waals surface area contributed by atoms with Crippen LogP contribution in [0.5, 0.6) is 0 Å². The van der Waals surface area contributed by atoms with Gasteiger partial charge in [0, 0.05) is 0 Å². The first-order chi connectivity index (χ1) is 9.58. The van der Waals surface area contributed by atoms with E-state index < -0.39 is 29.9 Å². The van der Waals surface area contributed by atoms with Crippen LogP contribution in [0, 0.1) is 0 Å². The topological polar surface area (TPSA) is 124 Å². The van der Waals surface area contributed by atoms with E-state index in [9.17, 15) is 15.3 Å². The minimum absolute atomic E-state index is 0.515. The highest BCUT2D eigenvalue weighted by atomic mass is 32.2. The van der Waals surface area contributed by atoms with Crippen LogP contribution in [0.3, 0.4) is 0 Å². The van der Waals surface area contributed by atoms with Gasteiger partial charge in [0.1, 0.15) is 40.6 Å². The Morgan fingerprint density at radius 2 is 1.95 bits per heavy atom. The molecule has 0 unspecified atom stereocenters. The summed E-state index contributed by atoms with van der Waals surface area (Å²) in [5, 5.41) is 30.0. The molecule has 20 heavy (non-hydrogen) atoms. The first-order valence-corrected chi connectivity index (χ1v) is 6.96. The molecule has 8 nitrogen and oxygen atoms in total. The molecule has 0 aliphatic carbocycles. The summed E-state index contributed by atoms with van der Waals surface area (Å²) in [7, 11) is 0. The number of imidazole rings is 1. The van der Waals surface area contributed by atoms with Crippen molar-refractivity contribution in [3.05, 3.63) is 12.7 Å². The van der Waals surface area contributed by atoms with Gasteiger partial charge in [-0.1, -0.05) is 11.8 Å². The molecule has 1 aliphatic rings. The molecule has 3 heterocycles. The lowest BCUT2D eigenvalue weighted by Gasteiger charge is -2.38. The second-order valence-corrected chi connectivity index (χ2v) is 5.67. The van der Waals surface area contributed by atoms with Crippen LogP contribution in [0.1, 0.15) is 6.92 Å². The van der Waals surface area contributed by atoms with E-state index >= 15 is 0 Å². The lowest BCUT2D eigenvalue weighted by molar-refractivity contribution is -0.192. The van der Waals surface area contributed by atoms with E-state index in [1.807, 2.05) is 0 Å². The molecular formula is C11H14N4O4S. The second kappa shape index (κ2) is 5.26. The minimum Gasteiger partial charge on any atom is -0.388 e. The van der Waals surface area contributed by atoms with Crippen molar-refractivity contribution >= 4 is 22.9 Å². The molecule has 1 aliphatic heterocycles. The SMILES string of the molecule is C[C@H]1O[C@@H](Sc2ncnc3nc[nH]c23)[C@@H](O)[C@@H](O)[C@@H]1O. The van der Waals surface area contributed by atoms with Crippen LogP contribution in [0.4, 0.5) is 0 Å². The maximum atomic E-state index is 9.98. The van der Waals surface area contributed by atoms with Gasteiger partial charge in [-0.15, -0.1) is 0 Å². The van der Waals surface area contributed by atoms with E-state index in [2.05, 4.69) is 19.9 Å². The molecule has 0 amide bonds. The maximum absolute atomic E-state index is 9.98. The summed E-state index contributed by atoms with van der Waals surface area (Å²) in [5.41, 5.74) is 0.424. The van der Waals surface area contributed by atoms with E-state index in [0.717, 1.165) is 11.8 Å². The lowest BCUT2D eigenvalue weighted by Crippen LogP contribution is -2.55. The van der Waals surface area contributed by atoms with E-state index in [-0.39, 0.29) is 0 Å². The number of aliphatic hydroxyl groups is 3. The highest BCUT2D eigenvalue weighted by molar-refractivity contribution is 8.00. The number of aliphatic hydroxyl groups excluding tert-OH is 3. The molecule has 0 radical (unpaired) electrons. The Labute approximate surface area is 118 Å². The van der Waals surface area contributed by atoms with Gasteiger partial charge in [-0.05, 0) is 6.92 Å². The summed E-state index contributed by atoms with van der Waals surface area (Å²) in [5.74, 6) is 0. The first-order valence-electron chi connectivity index (χ1n) is 6.08. The van der Waals surface area contributed by atoms with Crippen molar-refractivity contribution in [2.24, 2.45) is 0 Å². The van der Waals surface area contributed by atoms with Crippen LogP contribution in [-0.4, -0.2) is 65.1 Å². The zero-order chi connectivity index (χ0) is 14.3. The van der Waals surface area contributed by atoms with Crippen molar-refractivity contribution in [1.82, 2.24) is 19.9 Å². The van der Waals surface area contributed by atoms with Gasteiger partial charge in [-0.25, -0.2) is 15.0 Å². The number of nitrogens with one attached hydrogen (secondary N) is 1. The Hall–Kier alpha value is -1.26. The van der Waals surface area contributed by atoms with Crippen molar-refractivity contribution < 1.29 is 20.1 Å². The average molecular weight is 298 g/mol. The number of nitrogens with zero attached hydrogens (tertiary/aromatic N) is 3. The molecule has 9 heteroatoms. The third-order valence-corrected chi connectivity index (χ3v) is 4.38. The number of hydrogen-bond acceptors (Lipinski definition) is 8. The zero-order valence-corrected chi connectivity index (χ0v) is 11.4. The quantitative estimate of drug-likeness (QED) is 0.535. The molecule has 1 fully saturated rings. The Morgan fingerprint density at radius 1 is 1.15 bits per heavy atom. The van der Waals surface area contributed by atoms with Crippen LogP contribution in [-0.2, 0) is 4.74 Å². The molecule has 0 saturated carbocycles.